The highest BCUT2D eigenvalue weighted by molar-refractivity contribution is 7.10. The van der Waals surface area contributed by atoms with Gasteiger partial charge in [-0.15, -0.1) is 11.3 Å². The molecule has 0 saturated heterocycles. The van der Waals surface area contributed by atoms with E-state index in [1.54, 1.807) is 17.5 Å². The van der Waals surface area contributed by atoms with Crippen molar-refractivity contribution in [3.05, 3.63) is 52.5 Å². The van der Waals surface area contributed by atoms with Gasteiger partial charge in [-0.25, -0.2) is 4.79 Å². The Morgan fingerprint density at radius 2 is 2.14 bits per heavy atom. The van der Waals surface area contributed by atoms with Gasteiger partial charge in [0.05, 0.1) is 6.04 Å². The predicted octanol–water partition coefficient (Wildman–Crippen LogP) is 2.29. The molecule has 1 unspecified atom stereocenters. The molecule has 2 rings (SSSR count). The Morgan fingerprint density at radius 1 is 1.27 bits per heavy atom. The number of aromatic nitrogens is 1. The fraction of sp³-hybridized carbons (Fsp3) is 0.375. The summed E-state index contributed by atoms with van der Waals surface area (Å²) < 4.78 is 0. The molecule has 0 radical (unpaired) electrons. The number of pyridine rings is 1. The molecular formula is C16H22N4OS. The lowest BCUT2D eigenvalue weighted by atomic mass is 10.2. The number of amides is 2. The van der Waals surface area contributed by atoms with E-state index in [-0.39, 0.29) is 12.1 Å². The molecule has 2 aromatic rings. The number of likely N-dealkylation sites (N-methyl/N-ethyl adjacent to an activating group) is 1. The molecule has 0 saturated carbocycles. The van der Waals surface area contributed by atoms with Crippen molar-refractivity contribution >= 4 is 17.4 Å². The van der Waals surface area contributed by atoms with E-state index in [1.165, 1.54) is 4.88 Å². The molecule has 118 valence electrons. The van der Waals surface area contributed by atoms with Crippen molar-refractivity contribution in [1.29, 1.82) is 0 Å². The maximum absolute atomic E-state index is 11.9. The van der Waals surface area contributed by atoms with Crippen LogP contribution in [0.15, 0.2) is 41.9 Å². The van der Waals surface area contributed by atoms with Crippen LogP contribution in [-0.2, 0) is 6.42 Å². The maximum Gasteiger partial charge on any atom is 0.314 e. The van der Waals surface area contributed by atoms with E-state index in [0.29, 0.717) is 13.1 Å². The fourth-order valence-electron chi connectivity index (χ4n) is 2.12. The van der Waals surface area contributed by atoms with Crippen molar-refractivity contribution in [1.82, 2.24) is 20.5 Å². The van der Waals surface area contributed by atoms with Crippen LogP contribution in [0.3, 0.4) is 0 Å². The number of thiophene rings is 1. The second kappa shape index (κ2) is 8.51. The van der Waals surface area contributed by atoms with Crippen LogP contribution in [0.1, 0.15) is 16.6 Å². The second-order valence-electron chi connectivity index (χ2n) is 5.20. The molecule has 0 bridgehead atoms. The average molecular weight is 318 g/mol. The van der Waals surface area contributed by atoms with Crippen LogP contribution in [0, 0.1) is 0 Å². The zero-order valence-corrected chi connectivity index (χ0v) is 13.8. The summed E-state index contributed by atoms with van der Waals surface area (Å²) in [5.74, 6) is 0. The lowest BCUT2D eigenvalue weighted by Crippen LogP contribution is -2.41. The highest BCUT2D eigenvalue weighted by Crippen LogP contribution is 2.22. The number of carbonyl (C=O) groups excluding carboxylic acids is 1. The molecule has 2 aromatic heterocycles. The van der Waals surface area contributed by atoms with Crippen molar-refractivity contribution < 1.29 is 4.79 Å². The number of urea groups is 1. The SMILES string of the molecule is CN(C)C(CNC(=O)NCCc1ccccn1)c1cccs1. The Morgan fingerprint density at radius 3 is 2.77 bits per heavy atom. The summed E-state index contributed by atoms with van der Waals surface area (Å²) in [6.45, 7) is 1.16. The summed E-state index contributed by atoms with van der Waals surface area (Å²) in [6, 6.07) is 9.97. The van der Waals surface area contributed by atoms with Crippen LogP contribution >= 0.6 is 11.3 Å². The number of carbonyl (C=O) groups is 1. The fourth-order valence-corrected chi connectivity index (χ4v) is 3.04. The molecule has 0 spiro atoms. The molecule has 1 atom stereocenters. The minimum atomic E-state index is -0.140. The maximum atomic E-state index is 11.9. The van der Waals surface area contributed by atoms with E-state index in [2.05, 4.69) is 32.0 Å². The number of rotatable bonds is 7. The molecule has 2 heterocycles. The van der Waals surface area contributed by atoms with Gasteiger partial charge in [0.25, 0.3) is 0 Å². The van der Waals surface area contributed by atoms with Crippen LogP contribution in [0.5, 0.6) is 0 Å². The number of nitrogens with zero attached hydrogens (tertiary/aromatic N) is 2. The van der Waals surface area contributed by atoms with Crippen LogP contribution in [0.4, 0.5) is 4.79 Å². The van der Waals surface area contributed by atoms with E-state index in [1.807, 2.05) is 38.4 Å². The summed E-state index contributed by atoms with van der Waals surface area (Å²) in [6.07, 6.45) is 2.49. The van der Waals surface area contributed by atoms with Crippen molar-refractivity contribution in [2.75, 3.05) is 27.2 Å². The average Bonchev–Trinajstić information content (AvgIpc) is 3.02. The van der Waals surface area contributed by atoms with Crippen molar-refractivity contribution in [3.63, 3.8) is 0 Å². The Kier molecular flexibility index (Phi) is 6.36. The minimum Gasteiger partial charge on any atom is -0.338 e. The van der Waals surface area contributed by atoms with Crippen molar-refractivity contribution in [3.8, 4) is 0 Å². The van der Waals surface area contributed by atoms with E-state index in [0.717, 1.165) is 12.1 Å². The summed E-state index contributed by atoms with van der Waals surface area (Å²) in [5, 5.41) is 7.85. The molecular weight excluding hydrogens is 296 g/mol. The quantitative estimate of drug-likeness (QED) is 0.823. The normalized spacial score (nSPS) is 12.1. The number of hydrogen-bond donors (Lipinski definition) is 2. The first-order valence-corrected chi connectivity index (χ1v) is 8.16. The molecule has 0 aliphatic heterocycles. The molecule has 0 aliphatic carbocycles. The van der Waals surface area contributed by atoms with Crippen molar-refractivity contribution in [2.45, 2.75) is 12.5 Å². The first-order valence-electron chi connectivity index (χ1n) is 7.28. The first kappa shape index (κ1) is 16.5. The molecule has 22 heavy (non-hydrogen) atoms. The van der Waals surface area contributed by atoms with Gasteiger partial charge in [-0.2, -0.15) is 0 Å². The Hall–Kier alpha value is -1.92. The standard InChI is InChI=1S/C16H22N4OS/c1-20(2)14(15-7-5-11-22-15)12-19-16(21)18-10-8-13-6-3-4-9-17-13/h3-7,9,11,14H,8,10,12H2,1-2H3,(H2,18,19,21). The van der Waals surface area contributed by atoms with Gasteiger partial charge < -0.3 is 15.5 Å². The molecule has 0 aliphatic rings. The van der Waals surface area contributed by atoms with Crippen LogP contribution < -0.4 is 10.6 Å². The summed E-state index contributed by atoms with van der Waals surface area (Å²) in [4.78, 5) is 19.5. The summed E-state index contributed by atoms with van der Waals surface area (Å²) in [7, 11) is 4.04. The van der Waals surface area contributed by atoms with Crippen LogP contribution in [-0.4, -0.2) is 43.1 Å². The van der Waals surface area contributed by atoms with E-state index in [4.69, 9.17) is 0 Å². The summed E-state index contributed by atoms with van der Waals surface area (Å²) >= 11 is 1.70. The molecule has 0 fully saturated rings. The number of hydrogen-bond acceptors (Lipinski definition) is 4. The first-order chi connectivity index (χ1) is 10.7. The Balaban J connectivity index is 1.72. The smallest absolute Gasteiger partial charge is 0.314 e. The predicted molar refractivity (Wildman–Crippen MR) is 90.1 cm³/mol. The zero-order chi connectivity index (χ0) is 15.8. The molecule has 5 nitrogen and oxygen atoms in total. The Labute approximate surface area is 135 Å². The van der Waals surface area contributed by atoms with Gasteiger partial charge >= 0.3 is 6.03 Å². The van der Waals surface area contributed by atoms with Crippen LogP contribution in [0.2, 0.25) is 0 Å². The molecule has 0 aromatic carbocycles. The third-order valence-electron chi connectivity index (χ3n) is 3.34. The minimum absolute atomic E-state index is 0.140. The van der Waals surface area contributed by atoms with Gasteiger partial charge in [0.1, 0.15) is 0 Å². The largest absolute Gasteiger partial charge is 0.338 e. The monoisotopic (exact) mass is 318 g/mol. The molecule has 2 amide bonds. The Bertz CT molecular complexity index is 557. The topological polar surface area (TPSA) is 57.3 Å². The van der Waals surface area contributed by atoms with Gasteiger partial charge in [0, 0.05) is 36.3 Å². The second-order valence-corrected chi connectivity index (χ2v) is 6.18. The third-order valence-corrected chi connectivity index (χ3v) is 4.32. The van der Waals surface area contributed by atoms with Gasteiger partial charge in [-0.1, -0.05) is 12.1 Å². The molecule has 6 heteroatoms. The van der Waals surface area contributed by atoms with Crippen LogP contribution in [0.25, 0.3) is 0 Å². The lowest BCUT2D eigenvalue weighted by Gasteiger charge is -2.23. The van der Waals surface area contributed by atoms with Gasteiger partial charge in [-0.05, 0) is 37.7 Å². The van der Waals surface area contributed by atoms with E-state index < -0.39 is 0 Å². The molecule has 2 N–H and O–H groups in total. The van der Waals surface area contributed by atoms with Gasteiger partial charge in [0.2, 0.25) is 0 Å². The zero-order valence-electron chi connectivity index (χ0n) is 13.0. The lowest BCUT2D eigenvalue weighted by molar-refractivity contribution is 0.233. The van der Waals surface area contributed by atoms with E-state index in [9.17, 15) is 4.79 Å². The number of nitrogens with one attached hydrogen (secondary N) is 2. The highest BCUT2D eigenvalue weighted by atomic mass is 32.1. The third kappa shape index (κ3) is 5.13. The van der Waals surface area contributed by atoms with Gasteiger partial charge in [0.15, 0.2) is 0 Å². The van der Waals surface area contributed by atoms with E-state index >= 15 is 0 Å². The summed E-state index contributed by atoms with van der Waals surface area (Å²) in [5.41, 5.74) is 0.979. The van der Waals surface area contributed by atoms with Gasteiger partial charge in [-0.3, -0.25) is 4.98 Å². The highest BCUT2D eigenvalue weighted by Gasteiger charge is 2.15. The van der Waals surface area contributed by atoms with Crippen molar-refractivity contribution in [2.24, 2.45) is 0 Å².